The van der Waals surface area contributed by atoms with Gasteiger partial charge in [0.05, 0.1) is 35.9 Å². The number of halogens is 2. The van der Waals surface area contributed by atoms with Crippen molar-refractivity contribution in [2.45, 2.75) is 0 Å². The molecule has 0 unspecified atom stereocenters. The van der Waals surface area contributed by atoms with E-state index in [4.69, 9.17) is 10.1 Å². The maximum absolute atomic E-state index is 14.1. The lowest BCUT2D eigenvalue weighted by molar-refractivity contribution is 0.411. The van der Waals surface area contributed by atoms with Gasteiger partial charge in [-0.25, -0.2) is 13.8 Å². The minimum atomic E-state index is -0.802. The first kappa shape index (κ1) is 17.0. The second-order valence-electron chi connectivity index (χ2n) is 6.20. The highest BCUT2D eigenvalue weighted by Gasteiger charge is 2.33. The second-order valence-corrected chi connectivity index (χ2v) is 6.20. The van der Waals surface area contributed by atoms with Crippen LogP contribution in [0.25, 0.3) is 16.6 Å². The summed E-state index contributed by atoms with van der Waals surface area (Å²) in [6, 6.07) is 8.49. The van der Waals surface area contributed by atoms with Crippen molar-refractivity contribution in [3.05, 3.63) is 59.6 Å². The first-order chi connectivity index (χ1) is 12.9. The average molecular weight is 370 g/mol. The Hall–Kier alpha value is -3.42. The van der Waals surface area contributed by atoms with E-state index in [0.29, 0.717) is 17.1 Å². The molecule has 0 spiro atoms. The van der Waals surface area contributed by atoms with Crippen LogP contribution in [0.5, 0.6) is 5.75 Å². The van der Waals surface area contributed by atoms with Crippen molar-refractivity contribution < 1.29 is 18.6 Å². The SMILES string of the molecule is COc1ccc2c(c1)nc(C1=C(O)CN(c3ccc(F)cc3F)C1=N)n2C. The number of ether oxygens (including phenoxy) is 1. The zero-order chi connectivity index (χ0) is 19.3. The lowest BCUT2D eigenvalue weighted by Gasteiger charge is -2.19. The van der Waals surface area contributed by atoms with Crippen LogP contribution in [0.2, 0.25) is 0 Å². The van der Waals surface area contributed by atoms with Gasteiger partial charge in [0.15, 0.2) is 0 Å². The molecule has 0 bridgehead atoms. The number of hydrogen-bond donors (Lipinski definition) is 2. The highest BCUT2D eigenvalue weighted by Crippen LogP contribution is 2.33. The maximum Gasteiger partial charge on any atom is 0.149 e. The van der Waals surface area contributed by atoms with E-state index >= 15 is 0 Å². The van der Waals surface area contributed by atoms with Gasteiger partial charge in [-0.2, -0.15) is 0 Å². The van der Waals surface area contributed by atoms with Crippen LogP contribution in [0.3, 0.4) is 0 Å². The Bertz CT molecular complexity index is 1120. The largest absolute Gasteiger partial charge is 0.509 e. The van der Waals surface area contributed by atoms with E-state index in [1.165, 1.54) is 11.0 Å². The molecule has 1 aliphatic rings. The minimum absolute atomic E-state index is 0.0170. The molecule has 1 aromatic heterocycles. The fourth-order valence-corrected chi connectivity index (χ4v) is 3.25. The van der Waals surface area contributed by atoms with Crippen molar-refractivity contribution in [3.8, 4) is 5.75 Å². The Morgan fingerprint density at radius 3 is 2.67 bits per heavy atom. The van der Waals surface area contributed by atoms with Gasteiger partial charge in [0.2, 0.25) is 0 Å². The number of fused-ring (bicyclic) bond motifs is 1. The number of methoxy groups -OCH3 is 1. The van der Waals surface area contributed by atoms with Gasteiger partial charge in [-0.15, -0.1) is 0 Å². The number of aliphatic hydroxyl groups excluding tert-OH is 1. The van der Waals surface area contributed by atoms with Crippen LogP contribution in [0.4, 0.5) is 14.5 Å². The number of aryl methyl sites for hydroxylation is 1. The number of aromatic nitrogens is 2. The summed E-state index contributed by atoms with van der Waals surface area (Å²) in [7, 11) is 3.33. The van der Waals surface area contributed by atoms with E-state index in [-0.39, 0.29) is 29.4 Å². The van der Waals surface area contributed by atoms with Crippen LogP contribution in [0.1, 0.15) is 5.82 Å². The summed E-state index contributed by atoms with van der Waals surface area (Å²) in [5, 5.41) is 18.9. The van der Waals surface area contributed by atoms with Crippen LogP contribution >= 0.6 is 0 Å². The topological polar surface area (TPSA) is 74.4 Å². The molecule has 8 heteroatoms. The first-order valence-electron chi connectivity index (χ1n) is 8.15. The van der Waals surface area contributed by atoms with E-state index < -0.39 is 11.6 Å². The molecule has 0 atom stereocenters. The lowest BCUT2D eigenvalue weighted by atomic mass is 10.2. The second kappa shape index (κ2) is 6.08. The van der Waals surface area contributed by atoms with Gasteiger partial charge in [0.1, 0.15) is 34.8 Å². The molecule has 2 heterocycles. The number of imidazole rings is 1. The summed E-state index contributed by atoms with van der Waals surface area (Å²) >= 11 is 0. The molecule has 0 radical (unpaired) electrons. The number of hydrogen-bond acceptors (Lipinski definition) is 4. The highest BCUT2D eigenvalue weighted by atomic mass is 19.1. The Balaban J connectivity index is 1.78. The molecule has 3 aromatic rings. The minimum Gasteiger partial charge on any atom is -0.509 e. The molecule has 0 fully saturated rings. The number of nitrogens with zero attached hydrogens (tertiary/aromatic N) is 3. The van der Waals surface area contributed by atoms with Crippen LogP contribution in [-0.2, 0) is 7.05 Å². The molecule has 0 saturated heterocycles. The summed E-state index contributed by atoms with van der Waals surface area (Å²) in [5.41, 5.74) is 1.66. The Kier molecular flexibility index (Phi) is 3.83. The average Bonchev–Trinajstić information content (AvgIpc) is 3.10. The molecule has 6 nitrogen and oxygen atoms in total. The third kappa shape index (κ3) is 2.61. The van der Waals surface area contributed by atoms with Gasteiger partial charge in [-0.1, -0.05) is 0 Å². The van der Waals surface area contributed by atoms with E-state index in [1.807, 2.05) is 6.07 Å². The molecular weight excluding hydrogens is 354 g/mol. The van der Waals surface area contributed by atoms with Gasteiger partial charge in [0, 0.05) is 19.2 Å². The monoisotopic (exact) mass is 370 g/mol. The molecule has 0 aliphatic carbocycles. The van der Waals surface area contributed by atoms with E-state index in [0.717, 1.165) is 17.6 Å². The molecule has 138 valence electrons. The molecule has 0 amide bonds. The lowest BCUT2D eigenvalue weighted by Crippen LogP contribution is -2.27. The number of rotatable bonds is 3. The fraction of sp³-hybridized carbons (Fsp3) is 0.158. The summed E-state index contributed by atoms with van der Waals surface area (Å²) < 4.78 is 34.3. The zero-order valence-corrected chi connectivity index (χ0v) is 14.6. The van der Waals surface area contributed by atoms with Crippen molar-refractivity contribution in [1.29, 1.82) is 5.41 Å². The van der Waals surface area contributed by atoms with Crippen molar-refractivity contribution in [2.75, 3.05) is 18.6 Å². The van der Waals surface area contributed by atoms with E-state index in [1.54, 1.807) is 30.9 Å². The molecular formula is C19H16F2N4O2. The number of anilines is 1. The quantitative estimate of drug-likeness (QED) is 0.738. The van der Waals surface area contributed by atoms with Gasteiger partial charge in [-0.05, 0) is 24.3 Å². The summed E-state index contributed by atoms with van der Waals surface area (Å²) in [6.07, 6.45) is 0. The highest BCUT2D eigenvalue weighted by molar-refractivity contribution is 6.30. The normalized spacial score (nSPS) is 14.5. The van der Waals surface area contributed by atoms with Crippen molar-refractivity contribution >= 4 is 28.1 Å². The van der Waals surface area contributed by atoms with Gasteiger partial charge >= 0.3 is 0 Å². The molecule has 0 saturated carbocycles. The predicted octanol–water partition coefficient (Wildman–Crippen LogP) is 3.63. The van der Waals surface area contributed by atoms with E-state index in [2.05, 4.69) is 4.98 Å². The standard InChI is InChI=1S/C19H16F2N4O2/c1-24-15-6-4-11(27-2)8-13(15)23-19(24)17-16(26)9-25(18(17)22)14-5-3-10(20)7-12(14)21/h3-8,22,26H,9H2,1-2H3. The molecule has 2 aromatic carbocycles. The van der Waals surface area contributed by atoms with Gasteiger partial charge < -0.3 is 19.3 Å². The zero-order valence-electron chi connectivity index (χ0n) is 14.6. The maximum atomic E-state index is 14.1. The Morgan fingerprint density at radius 1 is 1.19 bits per heavy atom. The fourth-order valence-electron chi connectivity index (χ4n) is 3.25. The Labute approximate surface area is 153 Å². The number of nitrogens with one attached hydrogen (secondary N) is 1. The first-order valence-corrected chi connectivity index (χ1v) is 8.15. The van der Waals surface area contributed by atoms with Crippen LogP contribution < -0.4 is 9.64 Å². The van der Waals surface area contributed by atoms with Crippen molar-refractivity contribution in [2.24, 2.45) is 7.05 Å². The number of benzene rings is 2. The number of aliphatic hydroxyl groups is 1. The molecule has 2 N–H and O–H groups in total. The molecule has 27 heavy (non-hydrogen) atoms. The summed E-state index contributed by atoms with van der Waals surface area (Å²) in [5.74, 6) is -0.697. The van der Waals surface area contributed by atoms with Gasteiger partial charge in [0.25, 0.3) is 0 Å². The predicted molar refractivity (Wildman–Crippen MR) is 98.2 cm³/mol. The third-order valence-electron chi connectivity index (χ3n) is 4.62. The van der Waals surface area contributed by atoms with Crippen LogP contribution in [-0.4, -0.2) is 34.1 Å². The summed E-state index contributed by atoms with van der Waals surface area (Å²) in [6.45, 7) is -0.0940. The smallest absolute Gasteiger partial charge is 0.149 e. The number of amidine groups is 1. The Morgan fingerprint density at radius 2 is 1.96 bits per heavy atom. The molecule has 4 rings (SSSR count). The third-order valence-corrected chi connectivity index (χ3v) is 4.62. The van der Waals surface area contributed by atoms with E-state index in [9.17, 15) is 13.9 Å². The van der Waals surface area contributed by atoms with Crippen LogP contribution in [0, 0.1) is 17.0 Å². The molecule has 1 aliphatic heterocycles. The van der Waals surface area contributed by atoms with Crippen LogP contribution in [0.15, 0.2) is 42.2 Å². The van der Waals surface area contributed by atoms with Crippen molar-refractivity contribution in [3.63, 3.8) is 0 Å². The van der Waals surface area contributed by atoms with Crippen molar-refractivity contribution in [1.82, 2.24) is 9.55 Å². The summed E-state index contributed by atoms with van der Waals surface area (Å²) in [4.78, 5) is 5.79. The van der Waals surface area contributed by atoms with Gasteiger partial charge in [-0.3, -0.25) is 5.41 Å².